The quantitative estimate of drug-likeness (QED) is 0.706. The van der Waals surface area contributed by atoms with Crippen molar-refractivity contribution in [3.05, 3.63) is 11.6 Å². The molecule has 0 aromatic carbocycles. The molecule has 0 aliphatic heterocycles. The minimum atomic E-state index is -0.328. The molecule has 0 heterocycles. The third-order valence-corrected chi connectivity index (χ3v) is 2.82. The first-order chi connectivity index (χ1) is 7.31. The van der Waals surface area contributed by atoms with Gasteiger partial charge in [0.1, 0.15) is 0 Å². The van der Waals surface area contributed by atoms with Crippen LogP contribution in [0.1, 0.15) is 48.0 Å². The Labute approximate surface area is 99.7 Å². The summed E-state index contributed by atoms with van der Waals surface area (Å²) in [5, 5.41) is 0. The van der Waals surface area contributed by atoms with E-state index in [0.29, 0.717) is 17.7 Å². The number of hydrogen-bond acceptors (Lipinski definition) is 2. The molecule has 1 atom stereocenters. The van der Waals surface area contributed by atoms with Crippen LogP contribution < -0.4 is 5.73 Å². The van der Waals surface area contributed by atoms with Crippen LogP contribution in [0.25, 0.3) is 0 Å². The van der Waals surface area contributed by atoms with Gasteiger partial charge in [0, 0.05) is 23.7 Å². The van der Waals surface area contributed by atoms with E-state index in [1.54, 1.807) is 6.92 Å². The molecule has 3 heteroatoms. The van der Waals surface area contributed by atoms with E-state index in [9.17, 15) is 4.79 Å². The van der Waals surface area contributed by atoms with Crippen LogP contribution >= 0.6 is 0 Å². The highest BCUT2D eigenvalue weighted by atomic mass is 16.1. The van der Waals surface area contributed by atoms with Crippen molar-refractivity contribution in [2.75, 3.05) is 0 Å². The third kappa shape index (κ3) is 4.35. The molecule has 0 fully saturated rings. The Morgan fingerprint density at radius 3 is 1.94 bits per heavy atom. The van der Waals surface area contributed by atoms with Crippen LogP contribution in [0.4, 0.5) is 0 Å². The molecule has 0 aromatic rings. The Hall–Kier alpha value is -0.830. The molecule has 3 nitrogen and oxygen atoms in total. The van der Waals surface area contributed by atoms with E-state index in [4.69, 9.17) is 5.73 Å². The predicted octanol–water partition coefficient (Wildman–Crippen LogP) is 2.32. The molecule has 0 aromatic heterocycles. The van der Waals surface area contributed by atoms with Gasteiger partial charge in [-0.3, -0.25) is 9.69 Å². The van der Waals surface area contributed by atoms with Crippen molar-refractivity contribution < 1.29 is 4.79 Å². The maximum absolute atomic E-state index is 11.0. The van der Waals surface area contributed by atoms with E-state index in [2.05, 4.69) is 39.5 Å². The molecule has 0 saturated heterocycles. The average molecular weight is 226 g/mol. The number of nitrogens with two attached hydrogens (primary N) is 1. The lowest BCUT2D eigenvalue weighted by Crippen LogP contribution is -2.44. The number of hydrogen-bond donors (Lipinski definition) is 1. The van der Waals surface area contributed by atoms with Gasteiger partial charge in [0.15, 0.2) is 0 Å². The molecule has 0 saturated carbocycles. The van der Waals surface area contributed by atoms with Crippen LogP contribution in [0.5, 0.6) is 0 Å². The van der Waals surface area contributed by atoms with Crippen LogP contribution in [0.2, 0.25) is 0 Å². The molecule has 0 aliphatic carbocycles. The number of carbonyl (C=O) groups excluding carboxylic acids is 1. The summed E-state index contributed by atoms with van der Waals surface area (Å²) in [4.78, 5) is 13.4. The maximum Gasteiger partial charge on any atom is 0.244 e. The molecule has 16 heavy (non-hydrogen) atoms. The van der Waals surface area contributed by atoms with Crippen molar-refractivity contribution in [3.8, 4) is 0 Å². The molecule has 2 N–H and O–H groups in total. The topological polar surface area (TPSA) is 46.3 Å². The van der Waals surface area contributed by atoms with E-state index < -0.39 is 0 Å². The summed E-state index contributed by atoms with van der Waals surface area (Å²) in [6.07, 6.45) is 2.98. The molecule has 0 bridgehead atoms. The van der Waals surface area contributed by atoms with Gasteiger partial charge in [-0.1, -0.05) is 13.0 Å². The van der Waals surface area contributed by atoms with Crippen LogP contribution in [0.3, 0.4) is 0 Å². The zero-order valence-corrected chi connectivity index (χ0v) is 11.4. The van der Waals surface area contributed by atoms with E-state index in [1.165, 1.54) is 0 Å². The molecule has 0 aliphatic rings. The van der Waals surface area contributed by atoms with Gasteiger partial charge >= 0.3 is 0 Å². The highest BCUT2D eigenvalue weighted by Crippen LogP contribution is 2.16. The number of nitrogens with zero attached hydrogens (tertiary/aromatic N) is 1. The lowest BCUT2D eigenvalue weighted by Gasteiger charge is -2.36. The first-order valence-corrected chi connectivity index (χ1v) is 6.06. The van der Waals surface area contributed by atoms with Crippen molar-refractivity contribution in [3.63, 3.8) is 0 Å². The molecule has 0 rings (SSSR count). The Morgan fingerprint density at radius 1 is 1.25 bits per heavy atom. The summed E-state index contributed by atoms with van der Waals surface area (Å²) in [6.45, 7) is 12.6. The van der Waals surface area contributed by atoms with Gasteiger partial charge in [-0.15, -0.1) is 0 Å². The van der Waals surface area contributed by atoms with Gasteiger partial charge in [0.05, 0.1) is 0 Å². The second-order valence-corrected chi connectivity index (χ2v) is 4.82. The molecule has 0 radical (unpaired) electrons. The van der Waals surface area contributed by atoms with E-state index in [0.717, 1.165) is 6.42 Å². The number of carbonyl (C=O) groups is 1. The predicted molar refractivity (Wildman–Crippen MR) is 69.1 cm³/mol. The fourth-order valence-corrected chi connectivity index (χ4v) is 2.15. The van der Waals surface area contributed by atoms with Crippen molar-refractivity contribution in [1.29, 1.82) is 0 Å². The first kappa shape index (κ1) is 15.2. The maximum atomic E-state index is 11.0. The van der Waals surface area contributed by atoms with Crippen molar-refractivity contribution in [2.45, 2.75) is 66.1 Å². The monoisotopic (exact) mass is 226 g/mol. The number of amides is 1. The third-order valence-electron chi connectivity index (χ3n) is 2.82. The molecular formula is C13H26N2O. The number of primary amides is 1. The number of rotatable bonds is 6. The van der Waals surface area contributed by atoms with Crippen molar-refractivity contribution in [1.82, 2.24) is 4.90 Å². The molecule has 1 amide bonds. The molecule has 1 unspecified atom stereocenters. The highest BCUT2D eigenvalue weighted by Gasteiger charge is 2.21. The van der Waals surface area contributed by atoms with Gasteiger partial charge in [-0.05, 0) is 41.0 Å². The molecular weight excluding hydrogens is 200 g/mol. The fraction of sp³-hybridized carbons (Fsp3) is 0.769. The van der Waals surface area contributed by atoms with Gasteiger partial charge in [0.25, 0.3) is 0 Å². The lowest BCUT2D eigenvalue weighted by atomic mass is 10.0. The Kier molecular flexibility index (Phi) is 6.34. The largest absolute Gasteiger partial charge is 0.366 e. The van der Waals surface area contributed by atoms with Crippen LogP contribution in [-0.2, 0) is 4.79 Å². The second-order valence-electron chi connectivity index (χ2n) is 4.82. The van der Waals surface area contributed by atoms with Crippen molar-refractivity contribution >= 4 is 5.91 Å². The van der Waals surface area contributed by atoms with Crippen LogP contribution in [0, 0.1) is 0 Å². The Balaban J connectivity index is 4.95. The van der Waals surface area contributed by atoms with E-state index in [-0.39, 0.29) is 11.9 Å². The summed E-state index contributed by atoms with van der Waals surface area (Å²) in [6, 6.07) is 1.20. The molecule has 0 spiro atoms. The summed E-state index contributed by atoms with van der Waals surface area (Å²) in [7, 11) is 0. The van der Waals surface area contributed by atoms with E-state index in [1.807, 2.05) is 6.08 Å². The zero-order valence-electron chi connectivity index (χ0n) is 11.4. The Bertz CT molecular complexity index is 249. The summed E-state index contributed by atoms with van der Waals surface area (Å²) in [5.74, 6) is -0.328. The average Bonchev–Trinajstić information content (AvgIpc) is 2.14. The fourth-order valence-electron chi connectivity index (χ4n) is 2.15. The summed E-state index contributed by atoms with van der Waals surface area (Å²) >= 11 is 0. The zero-order chi connectivity index (χ0) is 12.9. The summed E-state index contributed by atoms with van der Waals surface area (Å²) < 4.78 is 0. The molecule has 94 valence electrons. The minimum absolute atomic E-state index is 0.285. The van der Waals surface area contributed by atoms with Gasteiger partial charge in [-0.25, -0.2) is 0 Å². The van der Waals surface area contributed by atoms with Gasteiger partial charge < -0.3 is 5.73 Å². The van der Waals surface area contributed by atoms with Crippen LogP contribution in [0.15, 0.2) is 11.6 Å². The van der Waals surface area contributed by atoms with Gasteiger partial charge in [-0.2, -0.15) is 0 Å². The normalized spacial score (nSPS) is 14.9. The minimum Gasteiger partial charge on any atom is -0.366 e. The summed E-state index contributed by atoms with van der Waals surface area (Å²) in [5.41, 5.74) is 5.92. The Morgan fingerprint density at radius 2 is 1.69 bits per heavy atom. The van der Waals surface area contributed by atoms with E-state index >= 15 is 0 Å². The highest BCUT2D eigenvalue weighted by molar-refractivity contribution is 5.91. The smallest absolute Gasteiger partial charge is 0.244 e. The second kappa shape index (κ2) is 6.69. The van der Waals surface area contributed by atoms with Gasteiger partial charge in [0.2, 0.25) is 5.91 Å². The first-order valence-electron chi connectivity index (χ1n) is 6.06. The lowest BCUT2D eigenvalue weighted by molar-refractivity contribution is -0.114. The van der Waals surface area contributed by atoms with Crippen LogP contribution in [-0.4, -0.2) is 28.9 Å². The standard InChI is InChI=1S/C13H26N2O/c1-7-12(8-11(6)13(14)16)15(9(2)3)10(4)5/h8-10,12H,7H2,1-6H3,(H2,14,16). The SMILES string of the molecule is CCC(C=C(C)C(N)=O)N(C(C)C)C(C)C. The van der Waals surface area contributed by atoms with Crippen molar-refractivity contribution in [2.24, 2.45) is 5.73 Å².